The lowest BCUT2D eigenvalue weighted by Gasteiger charge is -2.07. The Labute approximate surface area is 91.0 Å². The summed E-state index contributed by atoms with van der Waals surface area (Å²) in [6, 6.07) is 2.31. The van der Waals surface area contributed by atoms with Crippen molar-refractivity contribution in [3.05, 3.63) is 22.7 Å². The van der Waals surface area contributed by atoms with E-state index in [4.69, 9.17) is 28.2 Å². The van der Waals surface area contributed by atoms with Crippen LogP contribution in [-0.4, -0.2) is 14.3 Å². The summed E-state index contributed by atoms with van der Waals surface area (Å²) in [4.78, 5) is 10.6. The maximum Gasteiger partial charge on any atom is 0.252 e. The van der Waals surface area contributed by atoms with Crippen LogP contribution in [0.2, 0.25) is 5.02 Å². The van der Waals surface area contributed by atoms with Crippen LogP contribution in [0.4, 0.5) is 5.69 Å². The van der Waals surface area contributed by atoms with E-state index in [1.807, 2.05) is 0 Å². The SMILES string of the molecule is NC(=O)c1c(N)ccc(S(N)(=O)=O)c1Cl. The van der Waals surface area contributed by atoms with Gasteiger partial charge in [-0.25, -0.2) is 13.6 Å². The van der Waals surface area contributed by atoms with Gasteiger partial charge in [0.25, 0.3) is 5.91 Å². The Bertz CT molecular complexity index is 527. The van der Waals surface area contributed by atoms with Crippen molar-refractivity contribution in [1.29, 1.82) is 0 Å². The molecule has 0 saturated heterocycles. The van der Waals surface area contributed by atoms with Gasteiger partial charge in [-0.1, -0.05) is 11.6 Å². The number of hydrogen-bond donors (Lipinski definition) is 3. The van der Waals surface area contributed by atoms with Gasteiger partial charge in [0.2, 0.25) is 10.0 Å². The number of anilines is 1. The van der Waals surface area contributed by atoms with Crippen LogP contribution in [0.15, 0.2) is 17.0 Å². The molecule has 0 radical (unpaired) electrons. The van der Waals surface area contributed by atoms with Crippen molar-refractivity contribution >= 4 is 33.2 Å². The maximum atomic E-state index is 11.0. The minimum Gasteiger partial charge on any atom is -0.398 e. The second kappa shape index (κ2) is 3.69. The predicted molar refractivity (Wildman–Crippen MR) is 55.8 cm³/mol. The molecule has 0 atom stereocenters. The van der Waals surface area contributed by atoms with Crippen molar-refractivity contribution in [2.75, 3.05) is 5.73 Å². The molecule has 0 saturated carbocycles. The van der Waals surface area contributed by atoms with Crippen LogP contribution in [0.1, 0.15) is 10.4 Å². The Hall–Kier alpha value is -1.31. The molecule has 0 spiro atoms. The number of nitrogen functional groups attached to an aromatic ring is 1. The molecule has 0 aliphatic carbocycles. The van der Waals surface area contributed by atoms with E-state index >= 15 is 0 Å². The third-order valence-corrected chi connectivity index (χ3v) is 3.15. The zero-order valence-electron chi connectivity index (χ0n) is 7.40. The molecule has 1 aromatic carbocycles. The average molecular weight is 250 g/mol. The molecule has 0 heterocycles. The van der Waals surface area contributed by atoms with E-state index in [2.05, 4.69) is 0 Å². The van der Waals surface area contributed by atoms with Crippen molar-refractivity contribution < 1.29 is 13.2 Å². The number of primary sulfonamides is 1. The minimum absolute atomic E-state index is 0.0000926. The van der Waals surface area contributed by atoms with Gasteiger partial charge < -0.3 is 11.5 Å². The van der Waals surface area contributed by atoms with E-state index in [0.717, 1.165) is 6.07 Å². The second-order valence-electron chi connectivity index (χ2n) is 2.75. The van der Waals surface area contributed by atoms with E-state index in [1.54, 1.807) is 0 Å². The third kappa shape index (κ3) is 2.20. The summed E-state index contributed by atoms with van der Waals surface area (Å²) in [6.07, 6.45) is 0. The monoisotopic (exact) mass is 249 g/mol. The summed E-state index contributed by atoms with van der Waals surface area (Å²) < 4.78 is 22.1. The molecule has 0 bridgehead atoms. The highest BCUT2D eigenvalue weighted by Crippen LogP contribution is 2.28. The fraction of sp³-hybridized carbons (Fsp3) is 0. The van der Waals surface area contributed by atoms with Gasteiger partial charge in [0.15, 0.2) is 0 Å². The lowest BCUT2D eigenvalue weighted by molar-refractivity contribution is 0.100. The molecule has 82 valence electrons. The molecule has 0 aliphatic rings. The largest absolute Gasteiger partial charge is 0.398 e. The summed E-state index contributed by atoms with van der Waals surface area (Å²) in [6.45, 7) is 0. The maximum absolute atomic E-state index is 11.0. The van der Waals surface area contributed by atoms with Crippen LogP contribution in [0.25, 0.3) is 0 Å². The highest BCUT2D eigenvalue weighted by atomic mass is 35.5. The molecule has 0 fully saturated rings. The molecule has 6 nitrogen and oxygen atoms in total. The Balaban J connectivity index is 3.64. The van der Waals surface area contributed by atoms with E-state index in [1.165, 1.54) is 6.07 Å². The van der Waals surface area contributed by atoms with Crippen LogP contribution in [0.5, 0.6) is 0 Å². The summed E-state index contributed by atoms with van der Waals surface area (Å²) in [5.74, 6) is -0.914. The van der Waals surface area contributed by atoms with Crippen molar-refractivity contribution in [1.82, 2.24) is 0 Å². The number of sulfonamides is 1. The molecule has 0 unspecified atom stereocenters. The number of halogens is 1. The van der Waals surface area contributed by atoms with Gasteiger partial charge in [0.05, 0.1) is 10.6 Å². The summed E-state index contributed by atoms with van der Waals surface area (Å²) in [7, 11) is -4.00. The van der Waals surface area contributed by atoms with Crippen molar-refractivity contribution in [3.63, 3.8) is 0 Å². The first-order chi connectivity index (χ1) is 6.75. The van der Waals surface area contributed by atoms with Gasteiger partial charge in [0, 0.05) is 5.69 Å². The molecule has 15 heavy (non-hydrogen) atoms. The van der Waals surface area contributed by atoms with Gasteiger partial charge >= 0.3 is 0 Å². The molecular formula is C7H8ClN3O3S. The Morgan fingerprint density at radius 2 is 1.87 bits per heavy atom. The number of amides is 1. The van der Waals surface area contributed by atoms with E-state index in [0.29, 0.717) is 0 Å². The Morgan fingerprint density at radius 3 is 2.27 bits per heavy atom. The van der Waals surface area contributed by atoms with Gasteiger partial charge in [-0.2, -0.15) is 0 Å². The summed E-state index contributed by atoms with van der Waals surface area (Å²) in [5, 5.41) is 4.52. The van der Waals surface area contributed by atoms with Crippen molar-refractivity contribution in [2.24, 2.45) is 10.9 Å². The lowest BCUT2D eigenvalue weighted by atomic mass is 10.2. The van der Waals surface area contributed by atoms with E-state index in [-0.39, 0.29) is 21.2 Å². The molecule has 8 heteroatoms. The molecule has 1 amide bonds. The number of benzene rings is 1. The number of rotatable bonds is 2. The zero-order valence-corrected chi connectivity index (χ0v) is 8.97. The third-order valence-electron chi connectivity index (χ3n) is 1.69. The van der Waals surface area contributed by atoms with Gasteiger partial charge in [-0.15, -0.1) is 0 Å². The van der Waals surface area contributed by atoms with Gasteiger partial charge in [-0.3, -0.25) is 4.79 Å². The number of hydrogen-bond acceptors (Lipinski definition) is 4. The van der Waals surface area contributed by atoms with Gasteiger partial charge in [-0.05, 0) is 12.1 Å². The van der Waals surface area contributed by atoms with Crippen LogP contribution < -0.4 is 16.6 Å². The van der Waals surface area contributed by atoms with E-state index < -0.39 is 15.9 Å². The first-order valence-electron chi connectivity index (χ1n) is 3.65. The molecular weight excluding hydrogens is 242 g/mol. The van der Waals surface area contributed by atoms with E-state index in [9.17, 15) is 13.2 Å². The quantitative estimate of drug-likeness (QED) is 0.620. The topological polar surface area (TPSA) is 129 Å². The first-order valence-corrected chi connectivity index (χ1v) is 5.58. The van der Waals surface area contributed by atoms with Crippen LogP contribution in [-0.2, 0) is 10.0 Å². The standard InChI is InChI=1S/C7H8ClN3O3S/c8-6-4(15(11,13)14)2-1-3(9)5(6)7(10)12/h1-2H,9H2,(H2,10,12)(H2,11,13,14). The lowest BCUT2D eigenvalue weighted by Crippen LogP contribution is -2.18. The highest BCUT2D eigenvalue weighted by molar-refractivity contribution is 7.89. The highest BCUT2D eigenvalue weighted by Gasteiger charge is 2.20. The first kappa shape index (κ1) is 11.8. The van der Waals surface area contributed by atoms with Gasteiger partial charge in [0.1, 0.15) is 4.90 Å². The second-order valence-corrected chi connectivity index (χ2v) is 4.66. The number of primary amides is 1. The smallest absolute Gasteiger partial charge is 0.252 e. The Morgan fingerprint density at radius 1 is 1.33 bits per heavy atom. The number of carbonyl (C=O) groups excluding carboxylic acids is 1. The number of carbonyl (C=O) groups is 1. The zero-order chi connectivity index (χ0) is 11.8. The van der Waals surface area contributed by atoms with Crippen LogP contribution in [0.3, 0.4) is 0 Å². The predicted octanol–water partition coefficient (Wildman–Crippen LogP) is -0.331. The van der Waals surface area contributed by atoms with Crippen LogP contribution >= 0.6 is 11.6 Å². The normalized spacial score (nSPS) is 11.3. The van der Waals surface area contributed by atoms with Crippen LogP contribution in [0, 0.1) is 0 Å². The summed E-state index contributed by atoms with van der Waals surface area (Å²) in [5.41, 5.74) is 10.2. The average Bonchev–Trinajstić information content (AvgIpc) is 2.00. The molecule has 0 aliphatic heterocycles. The fourth-order valence-corrected chi connectivity index (χ4v) is 2.24. The fourth-order valence-electron chi connectivity index (χ4n) is 1.04. The molecule has 6 N–H and O–H groups in total. The number of nitrogens with two attached hydrogens (primary N) is 3. The molecule has 0 aromatic heterocycles. The summed E-state index contributed by atoms with van der Waals surface area (Å²) >= 11 is 5.65. The van der Waals surface area contributed by atoms with Crippen molar-refractivity contribution in [3.8, 4) is 0 Å². The van der Waals surface area contributed by atoms with Crippen molar-refractivity contribution in [2.45, 2.75) is 4.90 Å². The minimum atomic E-state index is -4.00. The molecule has 1 aromatic rings. The Kier molecular flexibility index (Phi) is 2.89. The molecule has 1 rings (SSSR count).